The molecule has 2 saturated heterocycles. The quantitative estimate of drug-likeness (QED) is 0.844. The number of nitrogens with zero attached hydrogens (tertiary/aromatic N) is 5. The molecule has 0 bridgehead atoms. The Hall–Kier alpha value is -1.95. The number of piperidine rings is 1. The molecule has 0 spiro atoms. The van der Waals surface area contributed by atoms with Crippen molar-refractivity contribution in [3.05, 3.63) is 30.2 Å². The van der Waals surface area contributed by atoms with Crippen molar-refractivity contribution in [1.82, 2.24) is 24.4 Å². The molecule has 23 heavy (non-hydrogen) atoms. The number of likely N-dealkylation sites (N-methyl/N-ethyl adjacent to an activating group) is 1. The summed E-state index contributed by atoms with van der Waals surface area (Å²) in [6, 6.07) is 4.10. The first-order valence-electron chi connectivity index (χ1n) is 8.52. The second kappa shape index (κ2) is 5.92. The first-order chi connectivity index (χ1) is 11.2. The average molecular weight is 313 g/mol. The summed E-state index contributed by atoms with van der Waals surface area (Å²) in [5, 5.41) is 4.19. The number of hydrogen-bond acceptors (Lipinski definition) is 4. The topological polar surface area (TPSA) is 53.7 Å². The molecule has 2 fully saturated rings. The second-order valence-corrected chi connectivity index (χ2v) is 6.72. The molecule has 2 aliphatic heterocycles. The van der Waals surface area contributed by atoms with Crippen LogP contribution in [0.2, 0.25) is 0 Å². The van der Waals surface area contributed by atoms with Gasteiger partial charge >= 0.3 is 0 Å². The van der Waals surface area contributed by atoms with E-state index in [1.165, 1.54) is 0 Å². The van der Waals surface area contributed by atoms with Gasteiger partial charge in [-0.25, -0.2) is 9.50 Å². The lowest BCUT2D eigenvalue weighted by atomic mass is 9.93. The van der Waals surface area contributed by atoms with Gasteiger partial charge in [0.2, 0.25) is 5.91 Å². The number of hydrogen-bond donors (Lipinski definition) is 0. The molecule has 0 aliphatic carbocycles. The van der Waals surface area contributed by atoms with E-state index in [1.807, 2.05) is 12.3 Å². The Labute approximate surface area is 136 Å². The van der Waals surface area contributed by atoms with Crippen LogP contribution < -0.4 is 0 Å². The number of aromatic nitrogens is 3. The van der Waals surface area contributed by atoms with Gasteiger partial charge in [0.15, 0.2) is 5.65 Å². The van der Waals surface area contributed by atoms with Crippen molar-refractivity contribution < 1.29 is 4.79 Å². The number of rotatable bonds is 2. The molecule has 2 aromatic heterocycles. The van der Waals surface area contributed by atoms with Crippen LogP contribution in [0.15, 0.2) is 24.5 Å². The van der Waals surface area contributed by atoms with Gasteiger partial charge in [-0.1, -0.05) is 0 Å². The molecule has 0 aromatic carbocycles. The summed E-state index contributed by atoms with van der Waals surface area (Å²) in [6.07, 6.45) is 7.89. The van der Waals surface area contributed by atoms with Crippen molar-refractivity contribution in [2.75, 3.05) is 26.7 Å². The third kappa shape index (κ3) is 2.72. The molecular weight excluding hydrogens is 290 g/mol. The fourth-order valence-corrected chi connectivity index (χ4v) is 3.88. The lowest BCUT2D eigenvalue weighted by molar-refractivity contribution is -0.136. The monoisotopic (exact) mass is 313 g/mol. The predicted octanol–water partition coefficient (Wildman–Crippen LogP) is 1.53. The van der Waals surface area contributed by atoms with Crippen LogP contribution in [0.3, 0.4) is 0 Å². The van der Waals surface area contributed by atoms with Gasteiger partial charge in [-0.05, 0) is 45.3 Å². The predicted molar refractivity (Wildman–Crippen MR) is 87.2 cm³/mol. The van der Waals surface area contributed by atoms with Gasteiger partial charge in [0.05, 0.1) is 12.2 Å². The summed E-state index contributed by atoms with van der Waals surface area (Å²) in [7, 11) is 2.06. The molecule has 6 nitrogen and oxygen atoms in total. The summed E-state index contributed by atoms with van der Waals surface area (Å²) in [4.78, 5) is 21.6. The molecule has 1 atom stereocenters. The summed E-state index contributed by atoms with van der Waals surface area (Å²) < 4.78 is 1.79. The van der Waals surface area contributed by atoms with Crippen LogP contribution in [0.5, 0.6) is 0 Å². The Bertz CT molecular complexity index is 704. The number of likely N-dealkylation sites (tertiary alicyclic amines) is 2. The molecule has 2 aromatic rings. The number of fused-ring (bicyclic) bond motifs is 1. The maximum Gasteiger partial charge on any atom is 0.239 e. The first kappa shape index (κ1) is 14.6. The largest absolute Gasteiger partial charge is 0.341 e. The van der Waals surface area contributed by atoms with E-state index in [2.05, 4.69) is 28.0 Å². The van der Waals surface area contributed by atoms with Crippen LogP contribution in [-0.2, 0) is 4.79 Å². The van der Waals surface area contributed by atoms with Gasteiger partial charge in [-0.3, -0.25) is 9.69 Å². The van der Waals surface area contributed by atoms with Crippen molar-refractivity contribution in [3.63, 3.8) is 0 Å². The van der Waals surface area contributed by atoms with Crippen molar-refractivity contribution in [2.24, 2.45) is 0 Å². The number of carbonyl (C=O) groups excluding carboxylic acids is 1. The normalized spacial score (nSPS) is 23.7. The maximum atomic E-state index is 12.7. The third-order valence-corrected chi connectivity index (χ3v) is 5.31. The van der Waals surface area contributed by atoms with E-state index >= 15 is 0 Å². The van der Waals surface area contributed by atoms with Gasteiger partial charge in [-0.15, -0.1) is 0 Å². The molecule has 4 rings (SSSR count). The van der Waals surface area contributed by atoms with Gasteiger partial charge < -0.3 is 4.90 Å². The van der Waals surface area contributed by atoms with Gasteiger partial charge in [-0.2, -0.15) is 5.10 Å². The molecule has 122 valence electrons. The zero-order valence-corrected chi connectivity index (χ0v) is 13.6. The second-order valence-electron chi connectivity index (χ2n) is 6.72. The van der Waals surface area contributed by atoms with Crippen LogP contribution in [0, 0.1) is 0 Å². The third-order valence-electron chi connectivity index (χ3n) is 5.31. The SMILES string of the molecule is CN1CCC[C@@H]1C(=O)N1CCC(c2ccn3nccc3n2)CC1. The van der Waals surface area contributed by atoms with E-state index in [0.29, 0.717) is 11.8 Å². The van der Waals surface area contributed by atoms with E-state index < -0.39 is 0 Å². The minimum Gasteiger partial charge on any atom is -0.341 e. The molecule has 4 heterocycles. The van der Waals surface area contributed by atoms with Crippen molar-refractivity contribution >= 4 is 11.6 Å². The van der Waals surface area contributed by atoms with E-state index in [1.54, 1.807) is 10.7 Å². The molecule has 2 aliphatic rings. The van der Waals surface area contributed by atoms with Crippen molar-refractivity contribution in [2.45, 2.75) is 37.6 Å². The molecular formula is C17H23N5O. The standard InChI is InChI=1S/C17H23N5O/c1-20-9-2-3-15(20)17(23)21-10-5-13(6-11-21)14-7-12-22-16(19-14)4-8-18-22/h4,7-8,12-13,15H,2-3,5-6,9-11H2,1H3/t15-/m1/s1. The molecule has 0 N–H and O–H groups in total. The molecule has 0 unspecified atom stereocenters. The summed E-state index contributed by atoms with van der Waals surface area (Å²) in [6.45, 7) is 2.74. The summed E-state index contributed by atoms with van der Waals surface area (Å²) in [5.41, 5.74) is 2.02. The highest BCUT2D eigenvalue weighted by Gasteiger charge is 2.33. The Morgan fingerprint density at radius 2 is 2.00 bits per heavy atom. The van der Waals surface area contributed by atoms with Crippen LogP contribution >= 0.6 is 0 Å². The fourth-order valence-electron chi connectivity index (χ4n) is 3.88. The smallest absolute Gasteiger partial charge is 0.239 e. The van der Waals surface area contributed by atoms with Gasteiger partial charge in [0.25, 0.3) is 0 Å². The van der Waals surface area contributed by atoms with E-state index in [4.69, 9.17) is 4.98 Å². The van der Waals surface area contributed by atoms with E-state index in [9.17, 15) is 4.79 Å². The molecule has 1 amide bonds. The van der Waals surface area contributed by atoms with E-state index in [0.717, 1.165) is 56.7 Å². The molecule has 6 heteroatoms. The summed E-state index contributed by atoms with van der Waals surface area (Å²) in [5.74, 6) is 0.767. The summed E-state index contributed by atoms with van der Waals surface area (Å²) >= 11 is 0. The van der Waals surface area contributed by atoms with Crippen LogP contribution in [0.1, 0.15) is 37.3 Å². The average Bonchev–Trinajstić information content (AvgIpc) is 3.22. The Morgan fingerprint density at radius 3 is 2.74 bits per heavy atom. The van der Waals surface area contributed by atoms with Crippen molar-refractivity contribution in [3.8, 4) is 0 Å². The van der Waals surface area contributed by atoms with Crippen molar-refractivity contribution in [1.29, 1.82) is 0 Å². The highest BCUT2D eigenvalue weighted by atomic mass is 16.2. The molecule has 0 saturated carbocycles. The zero-order valence-electron chi connectivity index (χ0n) is 13.6. The maximum absolute atomic E-state index is 12.7. The highest BCUT2D eigenvalue weighted by molar-refractivity contribution is 5.82. The van der Waals surface area contributed by atoms with Crippen LogP contribution in [-0.4, -0.2) is 63.0 Å². The Morgan fingerprint density at radius 1 is 1.17 bits per heavy atom. The minimum absolute atomic E-state index is 0.104. The number of amides is 1. The highest BCUT2D eigenvalue weighted by Crippen LogP contribution is 2.28. The lowest BCUT2D eigenvalue weighted by Gasteiger charge is -2.34. The van der Waals surface area contributed by atoms with Crippen LogP contribution in [0.25, 0.3) is 5.65 Å². The fraction of sp³-hybridized carbons (Fsp3) is 0.588. The molecule has 0 radical (unpaired) electrons. The van der Waals surface area contributed by atoms with Crippen LogP contribution in [0.4, 0.5) is 0 Å². The minimum atomic E-state index is 0.104. The Balaban J connectivity index is 1.41. The van der Waals surface area contributed by atoms with Gasteiger partial charge in [0, 0.05) is 37.0 Å². The number of carbonyl (C=O) groups is 1. The van der Waals surface area contributed by atoms with E-state index in [-0.39, 0.29) is 6.04 Å². The first-order valence-corrected chi connectivity index (χ1v) is 8.52. The van der Waals surface area contributed by atoms with Gasteiger partial charge in [0.1, 0.15) is 0 Å². The Kier molecular flexibility index (Phi) is 3.77. The zero-order chi connectivity index (χ0) is 15.8. The lowest BCUT2D eigenvalue weighted by Crippen LogP contribution is -2.47.